The lowest BCUT2D eigenvalue weighted by Gasteiger charge is -2.11. The second kappa shape index (κ2) is 8.94. The van der Waals surface area contributed by atoms with Gasteiger partial charge in [-0.25, -0.2) is 31.7 Å². The molecule has 0 aliphatic rings. The lowest BCUT2D eigenvalue weighted by Crippen LogP contribution is -2.23. The zero-order chi connectivity index (χ0) is 23.7. The van der Waals surface area contributed by atoms with Gasteiger partial charge in [-0.05, 0) is 18.2 Å². The summed E-state index contributed by atoms with van der Waals surface area (Å²) in [6.07, 6.45) is 0. The Morgan fingerprint density at radius 2 is 1.45 bits per heavy atom. The van der Waals surface area contributed by atoms with E-state index in [1.54, 1.807) is 24.3 Å². The number of benzene rings is 3. The van der Waals surface area contributed by atoms with Crippen molar-refractivity contribution in [2.24, 2.45) is 0 Å². The molecule has 11 heteroatoms. The Morgan fingerprint density at radius 3 is 2.15 bits per heavy atom. The van der Waals surface area contributed by atoms with Crippen LogP contribution in [0.1, 0.15) is 10.4 Å². The molecule has 0 fully saturated rings. The van der Waals surface area contributed by atoms with Gasteiger partial charge in [-0.15, -0.1) is 11.3 Å². The average molecular weight is 478 g/mol. The number of halogens is 5. The highest BCUT2D eigenvalue weighted by Gasteiger charge is 2.27. The number of aromatic nitrogens is 1. The number of amides is 1. The molecule has 1 amide bonds. The van der Waals surface area contributed by atoms with Gasteiger partial charge in [0.2, 0.25) is 5.82 Å². The summed E-state index contributed by atoms with van der Waals surface area (Å²) in [5.74, 6) is -13.5. The number of nitrogens with zero attached hydrogens (tertiary/aromatic N) is 1. The summed E-state index contributed by atoms with van der Waals surface area (Å²) in [5.41, 5.74) is -0.311. The second-order valence-electron chi connectivity index (χ2n) is 6.60. The molecular weight excluding hydrogens is 467 g/mol. The van der Waals surface area contributed by atoms with E-state index in [1.807, 2.05) is 18.2 Å². The molecule has 3 aromatic carbocycles. The predicted octanol–water partition coefficient (Wildman–Crippen LogP) is 5.45. The summed E-state index contributed by atoms with van der Waals surface area (Å²) in [4.78, 5) is 29.0. The van der Waals surface area contributed by atoms with E-state index in [0.29, 0.717) is 10.6 Å². The third-order valence-corrected chi connectivity index (χ3v) is 5.55. The maximum Gasteiger partial charge on any atom is 0.339 e. The number of hydrogen-bond acceptors (Lipinski definition) is 5. The van der Waals surface area contributed by atoms with E-state index in [1.165, 1.54) is 22.7 Å². The van der Waals surface area contributed by atoms with Crippen molar-refractivity contribution >= 4 is 39.1 Å². The molecule has 0 saturated heterocycles. The summed E-state index contributed by atoms with van der Waals surface area (Å²) < 4.78 is 72.8. The number of rotatable bonds is 5. The number of thiazole rings is 1. The molecule has 0 aliphatic carbocycles. The molecular formula is C22H11F5N2O3S. The van der Waals surface area contributed by atoms with E-state index in [0.717, 1.165) is 10.2 Å². The number of ether oxygens (including phenoxy) is 1. The molecule has 4 aromatic rings. The minimum atomic E-state index is -2.36. The highest BCUT2D eigenvalue weighted by Crippen LogP contribution is 2.32. The van der Waals surface area contributed by atoms with E-state index < -0.39 is 53.3 Å². The predicted molar refractivity (Wildman–Crippen MR) is 110 cm³/mol. The molecule has 5 nitrogen and oxygen atoms in total. The number of anilines is 1. The minimum Gasteiger partial charge on any atom is -0.452 e. The fourth-order valence-corrected chi connectivity index (χ4v) is 3.94. The number of carbonyl (C=O) groups excluding carboxylic acids is 2. The van der Waals surface area contributed by atoms with Crippen molar-refractivity contribution in [3.63, 3.8) is 0 Å². The molecule has 168 valence electrons. The van der Waals surface area contributed by atoms with Gasteiger partial charge in [0.05, 0.1) is 15.8 Å². The molecule has 1 aromatic heterocycles. The first-order chi connectivity index (χ1) is 15.8. The van der Waals surface area contributed by atoms with Gasteiger partial charge >= 0.3 is 5.97 Å². The smallest absolute Gasteiger partial charge is 0.339 e. The molecule has 33 heavy (non-hydrogen) atoms. The van der Waals surface area contributed by atoms with Gasteiger partial charge < -0.3 is 10.1 Å². The number of esters is 1. The summed E-state index contributed by atoms with van der Waals surface area (Å²) in [6.45, 7) is -1.04. The third-order valence-electron chi connectivity index (χ3n) is 4.48. The first-order valence-electron chi connectivity index (χ1n) is 9.21. The molecule has 0 radical (unpaired) electrons. The normalized spacial score (nSPS) is 10.9. The molecule has 4 rings (SSSR count). The largest absolute Gasteiger partial charge is 0.452 e. The van der Waals surface area contributed by atoms with Crippen LogP contribution in [-0.4, -0.2) is 23.5 Å². The Kier molecular flexibility index (Phi) is 6.05. The number of fused-ring (bicyclic) bond motifs is 1. The number of hydrogen-bond donors (Lipinski definition) is 1. The highest BCUT2D eigenvalue weighted by atomic mass is 32.1. The van der Waals surface area contributed by atoms with Crippen molar-refractivity contribution in [2.45, 2.75) is 0 Å². The first kappa shape index (κ1) is 22.3. The van der Waals surface area contributed by atoms with Gasteiger partial charge in [0.25, 0.3) is 5.91 Å². The van der Waals surface area contributed by atoms with E-state index in [-0.39, 0.29) is 5.56 Å². The summed E-state index contributed by atoms with van der Waals surface area (Å²) in [6, 6.07) is 13.6. The van der Waals surface area contributed by atoms with Crippen molar-refractivity contribution in [3.05, 3.63) is 83.2 Å². The van der Waals surface area contributed by atoms with Crippen LogP contribution in [0.15, 0.2) is 48.5 Å². The zero-order valence-corrected chi connectivity index (χ0v) is 17.1. The Balaban J connectivity index is 1.51. The quantitative estimate of drug-likeness (QED) is 0.179. The molecule has 0 bridgehead atoms. The summed E-state index contributed by atoms with van der Waals surface area (Å²) in [5, 5.41) is 2.06. The van der Waals surface area contributed by atoms with Crippen LogP contribution in [0.5, 0.6) is 0 Å². The topological polar surface area (TPSA) is 68.3 Å². The van der Waals surface area contributed by atoms with Gasteiger partial charge in [-0.1, -0.05) is 30.3 Å². The molecule has 0 unspecified atom stereocenters. The van der Waals surface area contributed by atoms with Crippen LogP contribution in [0.3, 0.4) is 0 Å². The fourth-order valence-electron chi connectivity index (χ4n) is 2.93. The maximum absolute atomic E-state index is 13.7. The maximum atomic E-state index is 13.7. The molecule has 0 saturated carbocycles. The van der Waals surface area contributed by atoms with Gasteiger partial charge in [0, 0.05) is 5.56 Å². The van der Waals surface area contributed by atoms with Crippen LogP contribution < -0.4 is 5.32 Å². The van der Waals surface area contributed by atoms with Crippen molar-refractivity contribution in [3.8, 4) is 10.6 Å². The van der Waals surface area contributed by atoms with E-state index in [2.05, 4.69) is 4.98 Å². The lowest BCUT2D eigenvalue weighted by molar-refractivity contribution is -0.119. The van der Waals surface area contributed by atoms with Gasteiger partial charge in [-0.3, -0.25) is 4.79 Å². The van der Waals surface area contributed by atoms with Crippen LogP contribution in [0.4, 0.5) is 27.6 Å². The van der Waals surface area contributed by atoms with Crippen LogP contribution >= 0.6 is 11.3 Å². The van der Waals surface area contributed by atoms with E-state index >= 15 is 0 Å². The molecule has 1 N–H and O–H groups in total. The third kappa shape index (κ3) is 4.27. The number of para-hydroxylation sites is 1. The molecule has 0 aliphatic heterocycles. The van der Waals surface area contributed by atoms with Crippen LogP contribution in [0.25, 0.3) is 20.8 Å². The van der Waals surface area contributed by atoms with E-state index in [4.69, 9.17) is 4.74 Å². The minimum absolute atomic E-state index is 0.0700. The first-order valence-corrected chi connectivity index (χ1v) is 10.0. The lowest BCUT2D eigenvalue weighted by atomic mass is 10.1. The summed E-state index contributed by atoms with van der Waals surface area (Å²) in [7, 11) is 0. The van der Waals surface area contributed by atoms with Gasteiger partial charge in [0.1, 0.15) is 10.7 Å². The Bertz CT molecular complexity index is 1340. The monoisotopic (exact) mass is 478 g/mol. The Labute approximate surface area is 186 Å². The fraction of sp³-hybridized carbons (Fsp3) is 0.0455. The molecule has 0 atom stereocenters. The van der Waals surface area contributed by atoms with Gasteiger partial charge in [0.15, 0.2) is 29.9 Å². The standard InChI is InChI=1S/C22H11F5N2O3S/c23-15-16(24)18(26)20(19(27)17(15)25)29-14(30)9-32-22(31)11-6-2-1-5-10(11)21-28-12-7-3-4-8-13(12)33-21/h1-8H,9H2,(H,29,30). The zero-order valence-electron chi connectivity index (χ0n) is 16.3. The van der Waals surface area contributed by atoms with Crippen LogP contribution in [-0.2, 0) is 9.53 Å². The Morgan fingerprint density at radius 1 is 0.848 bits per heavy atom. The van der Waals surface area contributed by atoms with Crippen molar-refractivity contribution in [1.82, 2.24) is 4.98 Å². The van der Waals surface area contributed by atoms with Crippen molar-refractivity contribution in [1.29, 1.82) is 0 Å². The Hall–Kier alpha value is -3.86. The highest BCUT2D eigenvalue weighted by molar-refractivity contribution is 7.21. The van der Waals surface area contributed by atoms with Crippen molar-refractivity contribution < 1.29 is 36.3 Å². The number of carbonyl (C=O) groups is 2. The van der Waals surface area contributed by atoms with Gasteiger partial charge in [-0.2, -0.15) is 0 Å². The molecule has 1 heterocycles. The van der Waals surface area contributed by atoms with Crippen molar-refractivity contribution in [2.75, 3.05) is 11.9 Å². The summed E-state index contributed by atoms with van der Waals surface area (Å²) >= 11 is 1.33. The number of nitrogens with one attached hydrogen (secondary N) is 1. The van der Waals surface area contributed by atoms with Crippen LogP contribution in [0, 0.1) is 29.1 Å². The SMILES string of the molecule is O=C(COC(=O)c1ccccc1-c1nc2ccccc2s1)Nc1c(F)c(F)c(F)c(F)c1F. The van der Waals surface area contributed by atoms with E-state index in [9.17, 15) is 31.5 Å². The van der Waals surface area contributed by atoms with Crippen LogP contribution in [0.2, 0.25) is 0 Å². The average Bonchev–Trinajstić information content (AvgIpc) is 3.27. The second-order valence-corrected chi connectivity index (χ2v) is 7.63. The molecule has 0 spiro atoms.